The van der Waals surface area contributed by atoms with E-state index in [1.165, 1.54) is 11.1 Å². The van der Waals surface area contributed by atoms with Crippen molar-refractivity contribution < 1.29 is 20.1 Å². The average molecular weight is 492 g/mol. The number of likely N-dealkylation sites (N-methyl/N-ethyl adjacent to an activating group) is 1. The molecule has 9 atom stereocenters. The lowest BCUT2D eigenvalue weighted by Crippen LogP contribution is -2.70. The highest BCUT2D eigenvalue weighted by Gasteiger charge is 2.72. The number of H-pyrrole nitrogens is 1. The fourth-order valence-corrected chi connectivity index (χ4v) is 8.91. The molecule has 4 N–H and O–H groups in total. The highest BCUT2D eigenvalue weighted by molar-refractivity contribution is 5.86. The number of aliphatic hydroxyl groups is 3. The second kappa shape index (κ2) is 7.29. The van der Waals surface area contributed by atoms with Gasteiger partial charge in [0.2, 0.25) is 0 Å². The van der Waals surface area contributed by atoms with E-state index in [2.05, 4.69) is 47.5 Å². The minimum Gasteiger partial charge on any atom is -0.390 e. The number of nitrogens with zero attached hydrogens (tertiary/aromatic N) is 2. The summed E-state index contributed by atoms with van der Waals surface area (Å²) in [5.74, 6) is -0.289. The molecule has 9 unspecified atom stereocenters. The molecule has 3 aliphatic carbocycles. The number of benzene rings is 1. The van der Waals surface area contributed by atoms with Crippen LogP contribution in [-0.2, 0) is 4.74 Å². The first-order chi connectivity index (χ1) is 17.1. The highest BCUT2D eigenvalue weighted by atomic mass is 16.5. The van der Waals surface area contributed by atoms with Gasteiger partial charge in [-0.3, -0.25) is 5.10 Å². The Morgan fingerprint density at radius 3 is 2.69 bits per heavy atom. The van der Waals surface area contributed by atoms with Crippen LogP contribution < -0.4 is 0 Å². The Bertz CT molecular complexity index is 1310. The van der Waals surface area contributed by atoms with Crippen LogP contribution in [0, 0.1) is 24.2 Å². The second-order valence-corrected chi connectivity index (χ2v) is 12.5. The predicted octanol–water partition coefficient (Wildman–Crippen LogP) is 2.95. The van der Waals surface area contributed by atoms with E-state index < -0.39 is 35.4 Å². The van der Waals surface area contributed by atoms with Crippen molar-refractivity contribution in [2.75, 3.05) is 14.1 Å². The van der Waals surface area contributed by atoms with Crippen molar-refractivity contribution in [1.82, 2.24) is 15.1 Å². The van der Waals surface area contributed by atoms with Gasteiger partial charge in [0, 0.05) is 34.4 Å². The van der Waals surface area contributed by atoms with Crippen LogP contribution in [-0.4, -0.2) is 80.1 Å². The van der Waals surface area contributed by atoms with E-state index in [0.717, 1.165) is 47.9 Å². The summed E-state index contributed by atoms with van der Waals surface area (Å²) in [5, 5.41) is 42.6. The first kappa shape index (κ1) is 23.1. The Morgan fingerprint density at radius 1 is 1.11 bits per heavy atom. The Labute approximate surface area is 211 Å². The smallest absolute Gasteiger partial charge is 0.0964 e. The van der Waals surface area contributed by atoms with Crippen LogP contribution in [0.3, 0.4) is 0 Å². The molecule has 5 aliphatic rings. The molecule has 192 valence electrons. The van der Waals surface area contributed by atoms with Gasteiger partial charge in [0.15, 0.2) is 0 Å². The number of aliphatic hydroxyl groups excluding tert-OH is 3. The zero-order valence-corrected chi connectivity index (χ0v) is 21.5. The van der Waals surface area contributed by atoms with Gasteiger partial charge in [0.1, 0.15) is 0 Å². The number of rotatable bonds is 2. The van der Waals surface area contributed by atoms with Crippen LogP contribution in [0.5, 0.6) is 0 Å². The predicted molar refractivity (Wildman–Crippen MR) is 137 cm³/mol. The molecule has 36 heavy (non-hydrogen) atoms. The van der Waals surface area contributed by atoms with E-state index in [-0.39, 0.29) is 17.4 Å². The first-order valence-corrected chi connectivity index (χ1v) is 13.4. The molecule has 2 bridgehead atoms. The van der Waals surface area contributed by atoms with Gasteiger partial charge in [0.05, 0.1) is 35.0 Å². The van der Waals surface area contributed by atoms with E-state index in [4.69, 9.17) is 4.74 Å². The lowest BCUT2D eigenvalue weighted by Gasteiger charge is -2.60. The Morgan fingerprint density at radius 2 is 1.92 bits per heavy atom. The van der Waals surface area contributed by atoms with E-state index >= 15 is 0 Å². The summed E-state index contributed by atoms with van der Waals surface area (Å²) in [6, 6.07) is 6.36. The summed E-state index contributed by atoms with van der Waals surface area (Å²) < 4.78 is 7.21. The van der Waals surface area contributed by atoms with Crippen LogP contribution in [0.1, 0.15) is 50.3 Å². The topological polar surface area (TPSA) is 102 Å². The molecule has 3 heterocycles. The van der Waals surface area contributed by atoms with E-state index in [1.54, 1.807) is 0 Å². The first-order valence-electron chi connectivity index (χ1n) is 13.4. The molecular weight excluding hydrogens is 454 g/mol. The van der Waals surface area contributed by atoms with Gasteiger partial charge in [-0.1, -0.05) is 31.2 Å². The number of aromatic nitrogens is 2. The Balaban J connectivity index is 1.29. The molecule has 7 rings (SSSR count). The molecule has 3 fully saturated rings. The minimum absolute atomic E-state index is 0.117. The maximum absolute atomic E-state index is 11.7. The molecule has 7 nitrogen and oxygen atoms in total. The van der Waals surface area contributed by atoms with Crippen LogP contribution in [0.4, 0.5) is 0 Å². The molecule has 0 radical (unpaired) electrons. The number of allylic oxidation sites excluding steroid dienone is 3. The van der Waals surface area contributed by atoms with Crippen molar-refractivity contribution in [1.29, 1.82) is 0 Å². The van der Waals surface area contributed by atoms with Crippen LogP contribution >= 0.6 is 0 Å². The summed E-state index contributed by atoms with van der Waals surface area (Å²) in [6.45, 7) is 4.40. The van der Waals surface area contributed by atoms with Gasteiger partial charge in [-0.25, -0.2) is 0 Å². The molecule has 2 aromatic rings. The molecule has 0 amide bonds. The van der Waals surface area contributed by atoms with Gasteiger partial charge in [0.25, 0.3) is 0 Å². The molecular formula is C29H37N3O4. The fourth-order valence-electron chi connectivity index (χ4n) is 8.91. The van der Waals surface area contributed by atoms with Crippen molar-refractivity contribution >= 4 is 16.5 Å². The van der Waals surface area contributed by atoms with Gasteiger partial charge < -0.3 is 25.0 Å². The van der Waals surface area contributed by atoms with Crippen molar-refractivity contribution in [2.24, 2.45) is 17.3 Å². The molecule has 2 saturated heterocycles. The molecule has 1 saturated carbocycles. The summed E-state index contributed by atoms with van der Waals surface area (Å²) in [6.07, 6.45) is 5.82. The summed E-state index contributed by atoms with van der Waals surface area (Å²) >= 11 is 0. The lowest BCUT2D eigenvalue weighted by molar-refractivity contribution is -0.261. The third-order valence-electron chi connectivity index (χ3n) is 10.7. The van der Waals surface area contributed by atoms with Gasteiger partial charge in [-0.2, -0.15) is 5.10 Å². The molecule has 2 spiro atoms. The molecule has 1 aromatic heterocycles. The van der Waals surface area contributed by atoms with Crippen molar-refractivity contribution in [3.05, 3.63) is 47.2 Å². The third kappa shape index (κ3) is 2.68. The SMILES string of the molecule is Cc1[nH]nc2cc(C3=CCC4C3(C)CC=C3C(O)C5C(O)C(O)C(N(C)C)CC56CCC34O6)ccc12. The number of aryl methyl sites for hydroxylation is 1. The minimum atomic E-state index is -1.02. The number of nitrogens with one attached hydrogen (secondary N) is 1. The molecule has 2 aliphatic heterocycles. The molecule has 1 aromatic carbocycles. The average Bonchev–Trinajstić information content (AvgIpc) is 3.49. The Hall–Kier alpha value is -2.03. The summed E-state index contributed by atoms with van der Waals surface area (Å²) in [4.78, 5) is 1.98. The number of fused-ring (bicyclic) bond motifs is 2. The third-order valence-corrected chi connectivity index (χ3v) is 10.7. The lowest BCUT2D eigenvalue weighted by atomic mass is 9.56. The van der Waals surface area contributed by atoms with E-state index in [9.17, 15) is 15.3 Å². The van der Waals surface area contributed by atoms with E-state index in [0.29, 0.717) is 6.42 Å². The van der Waals surface area contributed by atoms with Gasteiger partial charge >= 0.3 is 0 Å². The summed E-state index contributed by atoms with van der Waals surface area (Å²) in [5.41, 5.74) is 4.27. The second-order valence-electron chi connectivity index (χ2n) is 12.5. The normalized spacial score (nSPS) is 45.3. The fraction of sp³-hybridized carbons (Fsp3) is 0.621. The number of ether oxygens (including phenoxy) is 1. The van der Waals surface area contributed by atoms with E-state index in [1.807, 2.05) is 25.9 Å². The number of aromatic amines is 1. The highest BCUT2D eigenvalue weighted by Crippen LogP contribution is 2.69. The zero-order valence-electron chi connectivity index (χ0n) is 21.5. The van der Waals surface area contributed by atoms with Crippen LogP contribution in [0.25, 0.3) is 16.5 Å². The van der Waals surface area contributed by atoms with Gasteiger partial charge in [-0.05, 0) is 75.9 Å². The van der Waals surface area contributed by atoms with Crippen LogP contribution in [0.15, 0.2) is 35.9 Å². The summed E-state index contributed by atoms with van der Waals surface area (Å²) in [7, 11) is 3.88. The largest absolute Gasteiger partial charge is 0.390 e. The maximum atomic E-state index is 11.7. The van der Waals surface area contributed by atoms with Crippen LogP contribution in [0.2, 0.25) is 0 Å². The maximum Gasteiger partial charge on any atom is 0.0964 e. The Kier molecular flexibility index (Phi) is 4.68. The number of hydrogen-bond acceptors (Lipinski definition) is 6. The standard InChI is InChI=1S/C29H37N3O4/c1-15-17-6-5-16(13-20(17)31-30-15)18-7-8-22-27(18,2)10-9-19-24(33)23-26(35)25(34)21(32(3)4)14-28(23)11-12-29(19,22)36-28/h5-7,9,13,21-26,33-35H,8,10-12,14H2,1-4H3,(H,30,31). The van der Waals surface area contributed by atoms with Crippen molar-refractivity contribution in [2.45, 2.75) is 81.5 Å². The number of hydrogen-bond donors (Lipinski definition) is 4. The van der Waals surface area contributed by atoms with Gasteiger partial charge in [-0.15, -0.1) is 0 Å². The monoisotopic (exact) mass is 491 g/mol. The quantitative estimate of drug-likeness (QED) is 0.482. The van der Waals surface area contributed by atoms with Crippen molar-refractivity contribution in [3.63, 3.8) is 0 Å². The van der Waals surface area contributed by atoms with Crippen molar-refractivity contribution in [3.8, 4) is 0 Å². The zero-order chi connectivity index (χ0) is 25.2. The molecule has 7 heteroatoms.